The number of rotatable bonds is 8. The molecule has 0 saturated heterocycles. The molecule has 7 N–H and O–H groups in total. The molecule has 222 valence electrons. The van der Waals surface area contributed by atoms with Crippen LogP contribution >= 0.6 is 0 Å². The Kier molecular flexibility index (Phi) is 32.5. The van der Waals surface area contributed by atoms with Crippen LogP contribution in [-0.2, 0) is 4.79 Å². The van der Waals surface area contributed by atoms with Gasteiger partial charge in [0.15, 0.2) is 6.10 Å². The summed E-state index contributed by atoms with van der Waals surface area (Å²) >= 11 is 0. The topological polar surface area (TPSA) is 159 Å². The Morgan fingerprint density at radius 1 is 0.711 bits per heavy atom. The zero-order chi connectivity index (χ0) is 30.7. The first-order chi connectivity index (χ1) is 18.3. The zero-order valence-electron chi connectivity index (χ0n) is 25.0. The maximum Gasteiger partial charge on any atom is 0.251 e. The second kappa shape index (κ2) is 29.0. The van der Waals surface area contributed by atoms with Gasteiger partial charge >= 0.3 is 0 Å². The molecule has 0 spiro atoms. The number of benzene rings is 2. The molecule has 9 heteroatoms. The van der Waals surface area contributed by atoms with E-state index in [0.29, 0.717) is 6.54 Å². The molecule has 38 heavy (non-hydrogen) atoms. The summed E-state index contributed by atoms with van der Waals surface area (Å²) in [5.74, 6) is -0.858. The minimum atomic E-state index is -1.85. The van der Waals surface area contributed by atoms with Gasteiger partial charge in [0.25, 0.3) is 11.8 Å². The summed E-state index contributed by atoms with van der Waals surface area (Å²) in [6.07, 6.45) is -7.09. The fourth-order valence-electron chi connectivity index (χ4n) is 2.64. The number of nitrogens with one attached hydrogen (secondary N) is 2. The second-order valence-corrected chi connectivity index (χ2v) is 6.46. The van der Waals surface area contributed by atoms with E-state index in [2.05, 4.69) is 10.6 Å². The van der Waals surface area contributed by atoms with Crippen LogP contribution in [0.15, 0.2) is 42.5 Å². The molecule has 4 atom stereocenters. The van der Waals surface area contributed by atoms with Gasteiger partial charge < -0.3 is 36.2 Å². The van der Waals surface area contributed by atoms with Crippen molar-refractivity contribution in [2.45, 2.75) is 93.7 Å². The Balaban J connectivity index is -0.000000241. The van der Waals surface area contributed by atoms with E-state index in [1.54, 1.807) is 6.92 Å². The Bertz CT molecular complexity index is 813. The number of aliphatic hydroxyl groups excluding tert-OH is 5. The lowest BCUT2D eigenvalue weighted by atomic mass is 10.0. The van der Waals surface area contributed by atoms with Gasteiger partial charge in [-0.3, -0.25) is 9.59 Å². The standard InChI is InChI=1S/C13H13NO.C8H17NO6.4C2H6/c1-2-14-13(15)12-9-5-7-10-6-3-4-8-11(10)12;1-2-9-8(15)7(14)6(13)5(12)4(11)3-10;4*1-2/h3-9H,2H2,1H3,(H,14,15);4-7,10-14H,2-3H2,1H3,(H,9,15);4*1-2H3. The van der Waals surface area contributed by atoms with Gasteiger partial charge in [0.05, 0.1) is 6.61 Å². The highest BCUT2D eigenvalue weighted by Crippen LogP contribution is 2.18. The fraction of sp³-hybridized carbons (Fsp3) is 0.586. The predicted molar refractivity (Wildman–Crippen MR) is 157 cm³/mol. The Morgan fingerprint density at radius 2 is 1.18 bits per heavy atom. The van der Waals surface area contributed by atoms with Crippen LogP contribution in [0.4, 0.5) is 0 Å². The molecule has 0 bridgehead atoms. The van der Waals surface area contributed by atoms with E-state index >= 15 is 0 Å². The number of amides is 2. The van der Waals surface area contributed by atoms with Gasteiger partial charge in [-0.05, 0) is 30.7 Å². The first-order valence-electron chi connectivity index (χ1n) is 13.6. The average Bonchev–Trinajstić information content (AvgIpc) is 2.99. The molecule has 0 radical (unpaired) electrons. The van der Waals surface area contributed by atoms with E-state index in [0.717, 1.165) is 16.3 Å². The van der Waals surface area contributed by atoms with Crippen LogP contribution in [0.2, 0.25) is 0 Å². The van der Waals surface area contributed by atoms with Crippen molar-refractivity contribution < 1.29 is 35.1 Å². The lowest BCUT2D eigenvalue weighted by Gasteiger charge is -2.24. The summed E-state index contributed by atoms with van der Waals surface area (Å²) < 4.78 is 0. The van der Waals surface area contributed by atoms with Gasteiger partial charge in [-0.2, -0.15) is 0 Å². The molecule has 0 fully saturated rings. The lowest BCUT2D eigenvalue weighted by Crippen LogP contribution is -2.51. The number of fused-ring (bicyclic) bond motifs is 1. The van der Waals surface area contributed by atoms with Crippen LogP contribution in [-0.4, -0.2) is 81.5 Å². The van der Waals surface area contributed by atoms with E-state index in [-0.39, 0.29) is 12.5 Å². The lowest BCUT2D eigenvalue weighted by molar-refractivity contribution is -0.148. The maximum absolute atomic E-state index is 11.7. The third-order valence-electron chi connectivity index (χ3n) is 4.25. The van der Waals surface area contributed by atoms with Crippen LogP contribution in [0.1, 0.15) is 79.6 Å². The number of aliphatic hydroxyl groups is 5. The number of carbonyl (C=O) groups excluding carboxylic acids is 2. The first-order valence-corrected chi connectivity index (χ1v) is 13.6. The molecule has 0 aliphatic heterocycles. The molecule has 0 aliphatic carbocycles. The summed E-state index contributed by atoms with van der Waals surface area (Å²) in [6, 6.07) is 13.7. The van der Waals surface area contributed by atoms with Gasteiger partial charge in [0.1, 0.15) is 18.3 Å². The van der Waals surface area contributed by atoms with Gasteiger partial charge in [-0.25, -0.2) is 0 Å². The summed E-state index contributed by atoms with van der Waals surface area (Å²) in [6.45, 7) is 19.7. The van der Waals surface area contributed by atoms with Crippen molar-refractivity contribution in [3.05, 3.63) is 48.0 Å². The summed E-state index contributed by atoms with van der Waals surface area (Å²) in [4.78, 5) is 22.8. The predicted octanol–water partition coefficient (Wildman–Crippen LogP) is 3.25. The van der Waals surface area contributed by atoms with Crippen molar-refractivity contribution in [1.82, 2.24) is 10.6 Å². The monoisotopic (exact) mass is 542 g/mol. The second-order valence-electron chi connectivity index (χ2n) is 6.46. The molecule has 0 aliphatic rings. The molecular weight excluding hydrogens is 488 g/mol. The highest BCUT2D eigenvalue weighted by molar-refractivity contribution is 6.06. The van der Waals surface area contributed by atoms with Crippen LogP contribution in [0.3, 0.4) is 0 Å². The highest BCUT2D eigenvalue weighted by atomic mass is 16.4. The van der Waals surface area contributed by atoms with Gasteiger partial charge in [0, 0.05) is 18.7 Å². The normalized spacial score (nSPS) is 12.2. The number of hydrogen-bond donors (Lipinski definition) is 7. The Hall–Kier alpha value is -2.56. The van der Waals surface area contributed by atoms with E-state index < -0.39 is 36.9 Å². The van der Waals surface area contributed by atoms with E-state index in [4.69, 9.17) is 10.2 Å². The molecular formula is C29H54N2O7. The summed E-state index contributed by atoms with van der Waals surface area (Å²) in [7, 11) is 0. The Morgan fingerprint density at radius 3 is 1.66 bits per heavy atom. The molecule has 9 nitrogen and oxygen atoms in total. The van der Waals surface area contributed by atoms with Crippen molar-refractivity contribution in [2.24, 2.45) is 0 Å². The third-order valence-corrected chi connectivity index (χ3v) is 4.25. The smallest absolute Gasteiger partial charge is 0.251 e. The quantitative estimate of drug-likeness (QED) is 0.270. The summed E-state index contributed by atoms with van der Waals surface area (Å²) in [5.41, 5.74) is 0.745. The molecule has 2 aromatic rings. The Labute approximate surface area is 229 Å². The highest BCUT2D eigenvalue weighted by Gasteiger charge is 2.33. The molecule has 0 saturated carbocycles. The fourth-order valence-corrected chi connectivity index (χ4v) is 2.64. The largest absolute Gasteiger partial charge is 0.394 e. The molecule has 4 unspecified atom stereocenters. The molecule has 0 aromatic heterocycles. The number of carbonyl (C=O) groups is 2. The summed E-state index contributed by atoms with van der Waals surface area (Å²) in [5, 5.41) is 52.2. The third kappa shape index (κ3) is 16.3. The van der Waals surface area contributed by atoms with Crippen LogP contribution in [0.25, 0.3) is 10.8 Å². The van der Waals surface area contributed by atoms with Gasteiger partial charge in [0.2, 0.25) is 0 Å². The van der Waals surface area contributed by atoms with E-state index in [1.807, 2.05) is 105 Å². The van der Waals surface area contributed by atoms with Crippen molar-refractivity contribution in [3.63, 3.8) is 0 Å². The minimum absolute atomic E-state index is 0.00528. The van der Waals surface area contributed by atoms with Crippen molar-refractivity contribution in [3.8, 4) is 0 Å². The van der Waals surface area contributed by atoms with Crippen molar-refractivity contribution in [2.75, 3.05) is 19.7 Å². The van der Waals surface area contributed by atoms with Gasteiger partial charge in [-0.1, -0.05) is 91.8 Å². The molecule has 0 heterocycles. The molecule has 2 aromatic carbocycles. The van der Waals surface area contributed by atoms with E-state index in [1.165, 1.54) is 0 Å². The van der Waals surface area contributed by atoms with E-state index in [9.17, 15) is 24.9 Å². The molecule has 2 rings (SSSR count). The molecule has 2 amide bonds. The zero-order valence-corrected chi connectivity index (χ0v) is 25.0. The van der Waals surface area contributed by atoms with Gasteiger partial charge in [-0.15, -0.1) is 0 Å². The average molecular weight is 543 g/mol. The van der Waals surface area contributed by atoms with Crippen molar-refractivity contribution in [1.29, 1.82) is 0 Å². The minimum Gasteiger partial charge on any atom is -0.394 e. The van der Waals surface area contributed by atoms with Crippen LogP contribution in [0, 0.1) is 0 Å². The van der Waals surface area contributed by atoms with Crippen LogP contribution < -0.4 is 10.6 Å². The number of hydrogen-bond acceptors (Lipinski definition) is 7. The number of likely N-dealkylation sites (N-methyl/N-ethyl adjacent to an activating group) is 1. The first kappa shape index (κ1) is 42.5. The SMILES string of the molecule is CC.CC.CC.CC.CCNC(=O)C(O)C(O)C(O)C(O)CO.CCNC(=O)c1cccc2ccccc12. The maximum atomic E-state index is 11.7. The van der Waals surface area contributed by atoms with Crippen LogP contribution in [0.5, 0.6) is 0 Å². The van der Waals surface area contributed by atoms with Crippen molar-refractivity contribution >= 4 is 22.6 Å².